The van der Waals surface area contributed by atoms with Crippen molar-refractivity contribution in [1.29, 1.82) is 0 Å². The highest BCUT2D eigenvalue weighted by atomic mass is 16.5. The van der Waals surface area contributed by atoms with Crippen LogP contribution >= 0.6 is 0 Å². The number of nitrogens with zero attached hydrogens (tertiary/aromatic N) is 1. The summed E-state index contributed by atoms with van der Waals surface area (Å²) in [4.78, 5) is 24.6. The Morgan fingerprint density at radius 2 is 1.72 bits per heavy atom. The van der Waals surface area contributed by atoms with Crippen LogP contribution in [-0.2, 0) is 27.9 Å². The van der Waals surface area contributed by atoms with Crippen molar-refractivity contribution in [3.8, 4) is 11.1 Å². The predicted molar refractivity (Wildman–Crippen MR) is 129 cm³/mol. The summed E-state index contributed by atoms with van der Waals surface area (Å²) in [7, 11) is 1.41. The van der Waals surface area contributed by atoms with Crippen LogP contribution in [0.2, 0.25) is 0 Å². The van der Waals surface area contributed by atoms with Crippen LogP contribution in [0.25, 0.3) is 11.1 Å². The van der Waals surface area contributed by atoms with Gasteiger partial charge in [0.25, 0.3) is 5.91 Å². The summed E-state index contributed by atoms with van der Waals surface area (Å²) < 4.78 is 7.16. The van der Waals surface area contributed by atoms with Gasteiger partial charge in [-0.15, -0.1) is 0 Å². The van der Waals surface area contributed by atoms with Gasteiger partial charge in [-0.2, -0.15) is 0 Å². The topological polar surface area (TPSA) is 74.3 Å². The first-order valence-electron chi connectivity index (χ1n) is 11.8. The monoisotopic (exact) mass is 438 g/mol. The molecule has 2 N–H and O–H groups in total. The van der Waals surface area contributed by atoms with E-state index in [0.717, 1.165) is 29.1 Å². The summed E-state index contributed by atoms with van der Waals surface area (Å²) in [5, 5.41) is 0. The van der Waals surface area contributed by atoms with Crippen molar-refractivity contribution in [3.63, 3.8) is 0 Å². The molecule has 1 aliphatic rings. The highest BCUT2D eigenvalue weighted by Gasteiger charge is 2.27. The number of rotatable bonds is 7. The number of hydrogen-bond acceptors (Lipinski definition) is 3. The molecule has 1 heterocycles. The number of carbonyl (C=O) groups excluding carboxylic acids is 2. The van der Waals surface area contributed by atoms with Gasteiger partial charge in [0.2, 0.25) is 0 Å². The maximum atomic E-state index is 12.6. The summed E-state index contributed by atoms with van der Waals surface area (Å²) in [5.41, 5.74) is 11.5. The van der Waals surface area contributed by atoms with Crippen LogP contribution in [0.3, 0.4) is 0 Å². The van der Waals surface area contributed by atoms with E-state index in [2.05, 4.69) is 49.6 Å². The molecule has 0 saturated heterocycles. The molecule has 0 aliphatic heterocycles. The van der Waals surface area contributed by atoms with Gasteiger partial charge >= 0.3 is 5.97 Å². The Kier molecular flexibility index (Phi) is 7.47. The molecule has 0 bridgehead atoms. The minimum atomic E-state index is -0.417. The molecule has 1 aromatic carbocycles. The van der Waals surface area contributed by atoms with Crippen molar-refractivity contribution in [2.45, 2.75) is 84.6 Å². The normalized spacial score (nSPS) is 15.0. The van der Waals surface area contributed by atoms with Crippen LogP contribution in [0, 0.1) is 12.8 Å². The van der Waals surface area contributed by atoms with Crippen LogP contribution in [0.15, 0.2) is 24.3 Å². The lowest BCUT2D eigenvalue weighted by molar-refractivity contribution is -0.140. The maximum absolute atomic E-state index is 12.6. The van der Waals surface area contributed by atoms with E-state index < -0.39 is 5.91 Å². The van der Waals surface area contributed by atoms with E-state index in [-0.39, 0.29) is 17.8 Å². The first-order valence-corrected chi connectivity index (χ1v) is 11.8. The molecule has 1 saturated carbocycles. The molecule has 32 heavy (non-hydrogen) atoms. The fourth-order valence-electron chi connectivity index (χ4n) is 5.00. The second kappa shape index (κ2) is 9.93. The van der Waals surface area contributed by atoms with Gasteiger partial charge in [-0.3, -0.25) is 9.59 Å². The largest absolute Gasteiger partial charge is 0.469 e. The highest BCUT2D eigenvalue weighted by molar-refractivity contribution is 6.02. The molecule has 0 spiro atoms. The number of primary amides is 1. The molecular formula is C27H38N2O3. The van der Waals surface area contributed by atoms with Gasteiger partial charge in [0.15, 0.2) is 0 Å². The van der Waals surface area contributed by atoms with Crippen molar-refractivity contribution in [2.75, 3.05) is 7.11 Å². The van der Waals surface area contributed by atoms with Crippen molar-refractivity contribution in [1.82, 2.24) is 4.57 Å². The zero-order valence-electron chi connectivity index (χ0n) is 20.3. The van der Waals surface area contributed by atoms with Gasteiger partial charge in [0.1, 0.15) is 0 Å². The number of methoxy groups -OCH3 is 1. The van der Waals surface area contributed by atoms with Gasteiger partial charge in [-0.1, -0.05) is 64.3 Å². The summed E-state index contributed by atoms with van der Waals surface area (Å²) in [6, 6.07) is 8.40. The Balaban J connectivity index is 2.12. The summed E-state index contributed by atoms with van der Waals surface area (Å²) in [5.74, 6) is -0.0783. The molecule has 5 nitrogen and oxygen atoms in total. The van der Waals surface area contributed by atoms with E-state index >= 15 is 0 Å². The van der Waals surface area contributed by atoms with E-state index in [0.29, 0.717) is 17.9 Å². The average molecular weight is 439 g/mol. The van der Waals surface area contributed by atoms with Crippen LogP contribution < -0.4 is 5.73 Å². The Labute approximate surface area is 192 Å². The summed E-state index contributed by atoms with van der Waals surface area (Å²) >= 11 is 0. The standard InChI is InChI=1S/C27H38N2O3/c1-18-24(26(28)31)25(20-11-13-21(14-12-20)27(2,3)4)22(15-16-23(30)32-5)29(18)17-19-9-7-6-8-10-19/h11-14,19H,6-10,15-17H2,1-5H3,(H2,28,31). The van der Waals surface area contributed by atoms with Gasteiger partial charge in [-0.25, -0.2) is 0 Å². The average Bonchev–Trinajstić information content (AvgIpc) is 3.03. The fourth-order valence-corrected chi connectivity index (χ4v) is 5.00. The molecular weight excluding hydrogens is 400 g/mol. The number of carbonyl (C=O) groups is 2. The SMILES string of the molecule is COC(=O)CCc1c(-c2ccc(C(C)(C)C)cc2)c(C(N)=O)c(C)n1CC1CCCCC1. The van der Waals surface area contributed by atoms with E-state index in [1.54, 1.807) is 0 Å². The lowest BCUT2D eigenvalue weighted by atomic mass is 9.86. The van der Waals surface area contributed by atoms with Crippen molar-refractivity contribution >= 4 is 11.9 Å². The third-order valence-electron chi connectivity index (χ3n) is 6.88. The third kappa shape index (κ3) is 5.25. The number of aromatic nitrogens is 1. The molecule has 174 valence electrons. The number of esters is 1. The van der Waals surface area contributed by atoms with E-state index in [9.17, 15) is 9.59 Å². The van der Waals surface area contributed by atoms with Crippen molar-refractivity contribution in [2.24, 2.45) is 11.7 Å². The molecule has 1 amide bonds. The van der Waals surface area contributed by atoms with Crippen LogP contribution in [-0.4, -0.2) is 23.6 Å². The van der Waals surface area contributed by atoms with E-state index in [1.807, 2.05) is 6.92 Å². The van der Waals surface area contributed by atoms with Gasteiger partial charge < -0.3 is 15.0 Å². The fraction of sp³-hybridized carbons (Fsp3) is 0.556. The molecule has 5 heteroatoms. The Hall–Kier alpha value is -2.56. The summed E-state index contributed by atoms with van der Waals surface area (Å²) in [6.07, 6.45) is 7.01. The molecule has 0 unspecified atom stereocenters. The molecule has 0 radical (unpaired) electrons. The highest BCUT2D eigenvalue weighted by Crippen LogP contribution is 2.37. The second-order valence-electron chi connectivity index (χ2n) is 10.2. The Bertz CT molecular complexity index is 958. The first kappa shape index (κ1) is 24.1. The molecule has 2 aromatic rings. The lowest BCUT2D eigenvalue weighted by Crippen LogP contribution is -2.18. The van der Waals surface area contributed by atoms with Gasteiger partial charge in [0, 0.05) is 23.5 Å². The molecule has 1 fully saturated rings. The Morgan fingerprint density at radius 1 is 1.09 bits per heavy atom. The van der Waals surface area contributed by atoms with E-state index in [4.69, 9.17) is 10.5 Å². The maximum Gasteiger partial charge on any atom is 0.305 e. The van der Waals surface area contributed by atoms with Crippen LogP contribution in [0.4, 0.5) is 0 Å². The van der Waals surface area contributed by atoms with Crippen molar-refractivity contribution in [3.05, 3.63) is 46.8 Å². The molecule has 1 aliphatic carbocycles. The zero-order chi connectivity index (χ0) is 23.5. The van der Waals surface area contributed by atoms with E-state index in [1.165, 1.54) is 44.8 Å². The lowest BCUT2D eigenvalue weighted by Gasteiger charge is -2.24. The number of benzene rings is 1. The molecule has 1 aromatic heterocycles. The van der Waals surface area contributed by atoms with Crippen LogP contribution in [0.5, 0.6) is 0 Å². The first-order chi connectivity index (χ1) is 15.1. The minimum absolute atomic E-state index is 0.0432. The smallest absolute Gasteiger partial charge is 0.305 e. The number of nitrogens with two attached hydrogens (primary N) is 1. The number of hydrogen-bond donors (Lipinski definition) is 1. The predicted octanol–water partition coefficient (Wildman–Crippen LogP) is 5.55. The second-order valence-corrected chi connectivity index (χ2v) is 10.2. The molecule has 3 rings (SSSR count). The van der Waals surface area contributed by atoms with Gasteiger partial charge in [0.05, 0.1) is 19.1 Å². The van der Waals surface area contributed by atoms with Gasteiger partial charge in [-0.05, 0) is 48.6 Å². The Morgan fingerprint density at radius 3 is 2.25 bits per heavy atom. The van der Waals surface area contributed by atoms with Crippen LogP contribution in [0.1, 0.15) is 86.6 Å². The number of amides is 1. The zero-order valence-corrected chi connectivity index (χ0v) is 20.3. The summed E-state index contributed by atoms with van der Waals surface area (Å²) in [6.45, 7) is 9.40. The number of ether oxygens (including phenoxy) is 1. The quantitative estimate of drug-likeness (QED) is 0.576. The minimum Gasteiger partial charge on any atom is -0.469 e. The third-order valence-corrected chi connectivity index (χ3v) is 6.88. The molecule has 0 atom stereocenters. The van der Waals surface area contributed by atoms with Crippen molar-refractivity contribution < 1.29 is 14.3 Å².